The van der Waals surface area contributed by atoms with Gasteiger partial charge in [0.15, 0.2) is 0 Å². The zero-order valence-electron chi connectivity index (χ0n) is 13.2. The highest BCUT2D eigenvalue weighted by molar-refractivity contribution is 5.90. The van der Waals surface area contributed by atoms with Crippen LogP contribution in [0, 0.1) is 0 Å². The van der Waals surface area contributed by atoms with Crippen molar-refractivity contribution in [3.8, 4) is 0 Å². The Morgan fingerprint density at radius 1 is 1.40 bits per heavy atom. The summed E-state index contributed by atoms with van der Waals surface area (Å²) in [5.41, 5.74) is 3.51. The van der Waals surface area contributed by atoms with Gasteiger partial charge in [0, 0.05) is 31.6 Å². The zero-order valence-corrected chi connectivity index (χ0v) is 13.2. The van der Waals surface area contributed by atoms with Crippen molar-refractivity contribution in [2.24, 2.45) is 5.73 Å². The molecule has 0 aromatic carbocycles. The fraction of sp³-hybridized carbons (Fsp3) is 0.500. The number of aromatic nitrogens is 2. The third kappa shape index (κ3) is 4.21. The monoisotopic (exact) mass is 356 g/mol. The second-order valence-corrected chi connectivity index (χ2v) is 5.41. The molecule has 0 bridgehead atoms. The van der Waals surface area contributed by atoms with Gasteiger partial charge in [0.05, 0.1) is 12.2 Å². The van der Waals surface area contributed by atoms with Gasteiger partial charge < -0.3 is 31.1 Å². The van der Waals surface area contributed by atoms with E-state index in [-0.39, 0.29) is 18.7 Å². The van der Waals surface area contributed by atoms with Crippen LogP contribution in [0.1, 0.15) is 11.7 Å². The summed E-state index contributed by atoms with van der Waals surface area (Å²) in [5.74, 6) is -0.488. The minimum absolute atomic E-state index is 0.130. The molecular formula is C14H20N4O7. The molecule has 0 radical (unpaired) electrons. The normalized spacial score (nSPS) is 26.2. The molecular weight excluding hydrogens is 336 g/mol. The summed E-state index contributed by atoms with van der Waals surface area (Å²) in [6.07, 6.45) is -1.85. The molecule has 1 amide bonds. The summed E-state index contributed by atoms with van der Waals surface area (Å²) in [6, 6.07) is 0. The predicted octanol–water partition coefficient (Wildman–Crippen LogP) is -3.76. The van der Waals surface area contributed by atoms with E-state index in [0.717, 1.165) is 23.0 Å². The van der Waals surface area contributed by atoms with Gasteiger partial charge in [-0.15, -0.1) is 0 Å². The van der Waals surface area contributed by atoms with Crippen molar-refractivity contribution in [3.63, 3.8) is 0 Å². The Morgan fingerprint density at radius 2 is 2.12 bits per heavy atom. The fourth-order valence-electron chi connectivity index (χ4n) is 2.37. The van der Waals surface area contributed by atoms with Gasteiger partial charge in [-0.3, -0.25) is 19.1 Å². The first-order valence-electron chi connectivity index (χ1n) is 7.53. The molecule has 4 unspecified atom stereocenters. The summed E-state index contributed by atoms with van der Waals surface area (Å²) in [6.45, 7) is -0.0292. The maximum atomic E-state index is 12.0. The lowest BCUT2D eigenvalue weighted by Gasteiger charge is -2.14. The van der Waals surface area contributed by atoms with Gasteiger partial charge >= 0.3 is 5.69 Å². The number of carbonyl (C=O) groups excluding carboxylic acids is 1. The van der Waals surface area contributed by atoms with Crippen molar-refractivity contribution in [3.05, 3.63) is 38.7 Å². The molecule has 1 aromatic heterocycles. The van der Waals surface area contributed by atoms with E-state index in [1.807, 2.05) is 4.98 Å². The van der Waals surface area contributed by atoms with Crippen molar-refractivity contribution in [1.82, 2.24) is 14.9 Å². The van der Waals surface area contributed by atoms with Crippen LogP contribution >= 0.6 is 0 Å². The van der Waals surface area contributed by atoms with Crippen molar-refractivity contribution in [2.75, 3.05) is 19.7 Å². The third-order valence-electron chi connectivity index (χ3n) is 3.67. The van der Waals surface area contributed by atoms with Crippen LogP contribution in [-0.4, -0.2) is 68.8 Å². The molecule has 0 spiro atoms. The highest BCUT2D eigenvalue weighted by Gasteiger charge is 2.44. The number of nitrogens with one attached hydrogen (secondary N) is 2. The van der Waals surface area contributed by atoms with E-state index in [9.17, 15) is 24.6 Å². The summed E-state index contributed by atoms with van der Waals surface area (Å²) in [4.78, 5) is 37.3. The number of aliphatic hydroxyl groups excluding tert-OH is 3. The van der Waals surface area contributed by atoms with Crippen molar-refractivity contribution >= 4 is 12.1 Å². The number of hydrogen-bond donors (Lipinski definition) is 6. The van der Waals surface area contributed by atoms with Crippen LogP contribution in [0.5, 0.6) is 0 Å². The molecule has 1 aliphatic rings. The minimum Gasteiger partial charge on any atom is -0.394 e. The Hall–Kier alpha value is -2.31. The Labute approximate surface area is 141 Å². The van der Waals surface area contributed by atoms with Crippen molar-refractivity contribution in [2.45, 2.75) is 24.4 Å². The molecule has 11 heteroatoms. The minimum atomic E-state index is -1.46. The lowest BCUT2D eigenvalue weighted by Crippen LogP contribution is -2.35. The van der Waals surface area contributed by atoms with Gasteiger partial charge in [0.2, 0.25) is 5.91 Å². The van der Waals surface area contributed by atoms with Crippen molar-refractivity contribution in [1.29, 1.82) is 0 Å². The quantitative estimate of drug-likeness (QED) is 0.281. The first-order valence-corrected chi connectivity index (χ1v) is 7.53. The Bertz CT molecular complexity index is 756. The lowest BCUT2D eigenvalue weighted by atomic mass is 10.0. The van der Waals surface area contributed by atoms with E-state index < -0.39 is 48.2 Å². The van der Waals surface area contributed by atoms with Crippen LogP contribution in [0.15, 0.2) is 21.9 Å². The molecule has 4 atom stereocenters. The van der Waals surface area contributed by atoms with E-state index in [2.05, 4.69) is 5.32 Å². The molecule has 1 saturated heterocycles. The van der Waals surface area contributed by atoms with Crippen LogP contribution in [0.4, 0.5) is 0 Å². The predicted molar refractivity (Wildman–Crippen MR) is 85.4 cm³/mol. The second kappa shape index (κ2) is 8.18. The fourth-order valence-corrected chi connectivity index (χ4v) is 2.37. The number of hydrogen-bond acceptors (Lipinski definition) is 8. The summed E-state index contributed by atoms with van der Waals surface area (Å²) in [7, 11) is 0. The Balaban J connectivity index is 2.29. The first kappa shape index (κ1) is 19.0. The molecule has 11 nitrogen and oxygen atoms in total. The summed E-state index contributed by atoms with van der Waals surface area (Å²) < 4.78 is 6.20. The molecule has 2 rings (SSSR count). The van der Waals surface area contributed by atoms with Crippen LogP contribution in [0.3, 0.4) is 0 Å². The van der Waals surface area contributed by atoms with Crippen molar-refractivity contribution < 1.29 is 24.9 Å². The number of carbonyl (C=O) groups is 1. The van der Waals surface area contributed by atoms with E-state index in [0.29, 0.717) is 0 Å². The van der Waals surface area contributed by atoms with E-state index in [1.165, 1.54) is 0 Å². The summed E-state index contributed by atoms with van der Waals surface area (Å²) in [5, 5.41) is 31.3. The van der Waals surface area contributed by atoms with Gasteiger partial charge in [-0.05, 0) is 0 Å². The van der Waals surface area contributed by atoms with E-state index in [4.69, 9.17) is 15.6 Å². The topological polar surface area (TPSA) is 180 Å². The smallest absolute Gasteiger partial charge is 0.332 e. The molecule has 0 saturated carbocycles. The molecule has 1 fully saturated rings. The Morgan fingerprint density at radius 3 is 2.72 bits per heavy atom. The SMILES string of the molecule is NCCNC(=O)/C=C/n1cc(C2OC(CO)C(O)C2O)c(=O)[nH]c1=O. The van der Waals surface area contributed by atoms with Crippen LogP contribution < -0.4 is 22.3 Å². The number of amides is 1. The largest absolute Gasteiger partial charge is 0.394 e. The standard InChI is InChI=1S/C14H20N4O7/c15-2-3-16-9(20)1-4-18-5-7(13(23)17-14(18)24)12-11(22)10(21)8(6-19)25-12/h1,4-5,8,10-12,19,21-22H,2-3,6,15H2,(H,16,20)(H,17,23,24)/b4-1+. The van der Waals surface area contributed by atoms with Gasteiger partial charge in [-0.25, -0.2) is 4.79 Å². The Kier molecular flexibility index (Phi) is 6.22. The third-order valence-corrected chi connectivity index (χ3v) is 3.67. The number of nitrogens with zero attached hydrogens (tertiary/aromatic N) is 1. The van der Waals surface area contributed by atoms with Gasteiger partial charge in [-0.1, -0.05) is 0 Å². The summed E-state index contributed by atoms with van der Waals surface area (Å²) >= 11 is 0. The van der Waals surface area contributed by atoms with Crippen LogP contribution in [0.25, 0.3) is 6.20 Å². The van der Waals surface area contributed by atoms with Gasteiger partial charge in [0.1, 0.15) is 24.4 Å². The molecule has 0 aliphatic carbocycles. The van der Waals surface area contributed by atoms with Crippen LogP contribution in [-0.2, 0) is 9.53 Å². The van der Waals surface area contributed by atoms with Gasteiger partial charge in [0.25, 0.3) is 5.56 Å². The maximum Gasteiger partial charge on any atom is 0.332 e. The number of aliphatic hydroxyl groups is 3. The van der Waals surface area contributed by atoms with Crippen LogP contribution in [0.2, 0.25) is 0 Å². The first-order chi connectivity index (χ1) is 11.9. The average Bonchev–Trinajstić information content (AvgIpc) is 2.87. The number of nitrogens with two attached hydrogens (primary N) is 1. The molecule has 138 valence electrons. The number of aromatic amines is 1. The van der Waals surface area contributed by atoms with E-state index in [1.54, 1.807) is 0 Å². The molecule has 1 aromatic rings. The molecule has 25 heavy (non-hydrogen) atoms. The lowest BCUT2D eigenvalue weighted by molar-refractivity contribution is -0.116. The average molecular weight is 356 g/mol. The highest BCUT2D eigenvalue weighted by Crippen LogP contribution is 2.31. The zero-order chi connectivity index (χ0) is 18.6. The van der Waals surface area contributed by atoms with Gasteiger partial charge in [-0.2, -0.15) is 0 Å². The molecule has 7 N–H and O–H groups in total. The maximum absolute atomic E-state index is 12.0. The molecule has 2 heterocycles. The number of rotatable bonds is 6. The highest BCUT2D eigenvalue weighted by atomic mass is 16.6. The molecule has 1 aliphatic heterocycles. The van der Waals surface area contributed by atoms with E-state index >= 15 is 0 Å². The number of ether oxygens (including phenoxy) is 1. The second-order valence-electron chi connectivity index (χ2n) is 5.41. The number of H-pyrrole nitrogens is 1.